The average molecular weight is 189 g/mol. The molecule has 0 spiro atoms. The van der Waals surface area contributed by atoms with Crippen LogP contribution in [0.2, 0.25) is 0 Å². The fourth-order valence-corrected chi connectivity index (χ4v) is 2.18. The lowest BCUT2D eigenvalue weighted by atomic mass is 9.76. The number of hydrogen-bond acceptors (Lipinski definition) is 1. The maximum atomic E-state index is 12.1. The minimum absolute atomic E-state index is 0.199. The Balaban J connectivity index is 4.07. The zero-order valence-electron chi connectivity index (χ0n) is 9.11. The minimum atomic E-state index is -0.199. The third-order valence-electron chi connectivity index (χ3n) is 2.83. The van der Waals surface area contributed by atoms with Crippen LogP contribution in [0.1, 0.15) is 52.4 Å². The number of rotatable bonds is 8. The number of nitrogens with two attached hydrogens (primary N) is 1. The maximum Gasteiger partial charge on any atom is 0.0894 e. The lowest BCUT2D eigenvalue weighted by molar-refractivity contribution is 0.210. The third-order valence-corrected chi connectivity index (χ3v) is 2.83. The fraction of sp³-hybridized carbons (Fsp3) is 1.00. The van der Waals surface area contributed by atoms with Gasteiger partial charge in [-0.25, -0.2) is 0 Å². The highest BCUT2D eigenvalue weighted by molar-refractivity contribution is 4.79. The second kappa shape index (κ2) is 7.31. The van der Waals surface area contributed by atoms with E-state index in [4.69, 9.17) is 5.73 Å². The van der Waals surface area contributed by atoms with Gasteiger partial charge >= 0.3 is 0 Å². The molecule has 0 atom stereocenters. The van der Waals surface area contributed by atoms with Gasteiger partial charge < -0.3 is 5.73 Å². The Hall–Kier alpha value is -0.110. The molecule has 0 aliphatic carbocycles. The summed E-state index contributed by atoms with van der Waals surface area (Å²) in [5, 5.41) is 0. The fourth-order valence-electron chi connectivity index (χ4n) is 2.18. The Labute approximate surface area is 81.9 Å². The van der Waals surface area contributed by atoms with E-state index in [-0.39, 0.29) is 12.1 Å². The van der Waals surface area contributed by atoms with Gasteiger partial charge in [0.25, 0.3) is 0 Å². The van der Waals surface area contributed by atoms with Crippen LogP contribution < -0.4 is 5.73 Å². The Morgan fingerprint density at radius 2 is 1.62 bits per heavy atom. The van der Waals surface area contributed by atoms with E-state index in [0.29, 0.717) is 13.0 Å². The average Bonchev–Trinajstić information content (AvgIpc) is 2.15. The Bertz CT molecular complexity index is 109. The van der Waals surface area contributed by atoms with Crippen LogP contribution in [0.5, 0.6) is 0 Å². The van der Waals surface area contributed by atoms with Crippen molar-refractivity contribution < 1.29 is 4.39 Å². The van der Waals surface area contributed by atoms with Crippen molar-refractivity contribution in [2.24, 2.45) is 11.1 Å². The van der Waals surface area contributed by atoms with E-state index in [1.54, 1.807) is 0 Å². The van der Waals surface area contributed by atoms with Crippen molar-refractivity contribution in [3.63, 3.8) is 0 Å². The smallest absolute Gasteiger partial charge is 0.0894 e. The van der Waals surface area contributed by atoms with E-state index in [9.17, 15) is 4.39 Å². The first-order valence-electron chi connectivity index (χ1n) is 5.50. The van der Waals surface area contributed by atoms with Crippen molar-refractivity contribution in [3.8, 4) is 0 Å². The van der Waals surface area contributed by atoms with Crippen molar-refractivity contribution in [2.75, 3.05) is 13.2 Å². The van der Waals surface area contributed by atoms with Crippen LogP contribution in [-0.2, 0) is 0 Å². The molecule has 0 saturated heterocycles. The summed E-state index contributed by atoms with van der Waals surface area (Å²) in [6.45, 7) is 4.87. The van der Waals surface area contributed by atoms with Gasteiger partial charge in [-0.1, -0.05) is 26.7 Å². The first-order chi connectivity index (χ1) is 6.24. The summed E-state index contributed by atoms with van der Waals surface area (Å²) in [6, 6.07) is 0. The van der Waals surface area contributed by atoms with Gasteiger partial charge in [0.15, 0.2) is 0 Å². The number of hydrogen-bond donors (Lipinski definition) is 1. The second-order valence-corrected chi connectivity index (χ2v) is 4.00. The predicted octanol–water partition coefficient (Wildman–Crippen LogP) is 3.28. The van der Waals surface area contributed by atoms with Gasteiger partial charge in [0.2, 0.25) is 0 Å². The van der Waals surface area contributed by atoms with E-state index in [0.717, 1.165) is 32.1 Å². The van der Waals surface area contributed by atoms with E-state index in [1.165, 1.54) is 0 Å². The molecule has 0 aromatic carbocycles. The van der Waals surface area contributed by atoms with Crippen molar-refractivity contribution in [2.45, 2.75) is 52.4 Å². The molecule has 0 amide bonds. The van der Waals surface area contributed by atoms with Crippen LogP contribution in [0.25, 0.3) is 0 Å². The molecule has 0 fully saturated rings. The monoisotopic (exact) mass is 189 g/mol. The molecule has 0 aromatic rings. The van der Waals surface area contributed by atoms with Crippen LogP contribution in [0.15, 0.2) is 0 Å². The van der Waals surface area contributed by atoms with Crippen molar-refractivity contribution in [1.82, 2.24) is 0 Å². The Kier molecular flexibility index (Phi) is 7.25. The molecular weight excluding hydrogens is 165 g/mol. The van der Waals surface area contributed by atoms with Gasteiger partial charge in [0.1, 0.15) is 0 Å². The molecule has 2 N–H and O–H groups in total. The van der Waals surface area contributed by atoms with Crippen molar-refractivity contribution in [3.05, 3.63) is 0 Å². The van der Waals surface area contributed by atoms with Crippen LogP contribution in [0, 0.1) is 5.41 Å². The van der Waals surface area contributed by atoms with Crippen LogP contribution >= 0.6 is 0 Å². The van der Waals surface area contributed by atoms with E-state index >= 15 is 0 Å². The zero-order valence-corrected chi connectivity index (χ0v) is 9.11. The molecule has 80 valence electrons. The highest BCUT2D eigenvalue weighted by Gasteiger charge is 2.25. The molecule has 2 heteroatoms. The highest BCUT2D eigenvalue weighted by Crippen LogP contribution is 2.33. The van der Waals surface area contributed by atoms with Gasteiger partial charge in [-0.15, -0.1) is 0 Å². The van der Waals surface area contributed by atoms with Gasteiger partial charge in [0, 0.05) is 0 Å². The summed E-state index contributed by atoms with van der Waals surface area (Å²) < 4.78 is 12.1. The molecule has 0 aromatic heterocycles. The van der Waals surface area contributed by atoms with Crippen molar-refractivity contribution >= 4 is 0 Å². The third kappa shape index (κ3) is 4.61. The minimum Gasteiger partial charge on any atom is -0.330 e. The molecule has 0 rings (SSSR count). The SMILES string of the molecule is CCCC(CN)(CCC)CCCF. The summed E-state index contributed by atoms with van der Waals surface area (Å²) in [7, 11) is 0. The molecule has 13 heavy (non-hydrogen) atoms. The molecule has 0 bridgehead atoms. The van der Waals surface area contributed by atoms with Crippen LogP contribution in [-0.4, -0.2) is 13.2 Å². The van der Waals surface area contributed by atoms with Gasteiger partial charge in [0.05, 0.1) is 6.67 Å². The van der Waals surface area contributed by atoms with Crippen LogP contribution in [0.4, 0.5) is 4.39 Å². The molecule has 0 radical (unpaired) electrons. The van der Waals surface area contributed by atoms with E-state index in [2.05, 4.69) is 13.8 Å². The molecule has 1 nitrogen and oxygen atoms in total. The summed E-state index contributed by atoms with van der Waals surface area (Å²) in [6.07, 6.45) is 6.25. The summed E-state index contributed by atoms with van der Waals surface area (Å²) in [5.41, 5.74) is 6.03. The van der Waals surface area contributed by atoms with E-state index < -0.39 is 0 Å². The maximum absolute atomic E-state index is 12.1. The molecule has 0 saturated carbocycles. The molecule has 0 heterocycles. The van der Waals surface area contributed by atoms with Gasteiger partial charge in [-0.3, -0.25) is 4.39 Å². The highest BCUT2D eigenvalue weighted by atomic mass is 19.1. The molecule has 0 aliphatic heterocycles. The van der Waals surface area contributed by atoms with Gasteiger partial charge in [-0.2, -0.15) is 0 Å². The standard InChI is InChI=1S/C11H24FN/c1-3-6-11(10-13,7-4-2)8-5-9-12/h3-10,13H2,1-2H3. The predicted molar refractivity (Wildman–Crippen MR) is 56.5 cm³/mol. The zero-order chi connectivity index (χ0) is 10.2. The summed E-state index contributed by atoms with van der Waals surface area (Å²) >= 11 is 0. The summed E-state index contributed by atoms with van der Waals surface area (Å²) in [5.74, 6) is 0. The van der Waals surface area contributed by atoms with E-state index in [1.807, 2.05) is 0 Å². The lowest BCUT2D eigenvalue weighted by Gasteiger charge is -2.32. The lowest BCUT2D eigenvalue weighted by Crippen LogP contribution is -2.30. The van der Waals surface area contributed by atoms with Crippen LogP contribution in [0.3, 0.4) is 0 Å². The van der Waals surface area contributed by atoms with Gasteiger partial charge in [-0.05, 0) is 37.6 Å². The molecular formula is C11H24FN. The number of halogens is 1. The molecule has 0 aliphatic rings. The normalized spacial score (nSPS) is 12.0. The largest absolute Gasteiger partial charge is 0.330 e. The first-order valence-corrected chi connectivity index (χ1v) is 5.50. The second-order valence-electron chi connectivity index (χ2n) is 4.00. The first kappa shape index (κ1) is 12.9. The molecule has 0 unspecified atom stereocenters. The Morgan fingerprint density at radius 1 is 1.08 bits per heavy atom. The Morgan fingerprint density at radius 3 is 1.92 bits per heavy atom. The topological polar surface area (TPSA) is 26.0 Å². The van der Waals surface area contributed by atoms with Crippen molar-refractivity contribution in [1.29, 1.82) is 0 Å². The number of alkyl halides is 1. The summed E-state index contributed by atoms with van der Waals surface area (Å²) in [4.78, 5) is 0. The quantitative estimate of drug-likeness (QED) is 0.623.